The molecule has 0 aliphatic rings. The predicted molar refractivity (Wildman–Crippen MR) is 70.1 cm³/mol. The zero-order chi connectivity index (χ0) is 12.1. The molecule has 0 radical (unpaired) electrons. The van der Waals surface area contributed by atoms with Gasteiger partial charge in [0.25, 0.3) is 0 Å². The van der Waals surface area contributed by atoms with Crippen molar-refractivity contribution in [3.8, 4) is 0 Å². The van der Waals surface area contributed by atoms with E-state index in [0.717, 1.165) is 24.5 Å². The monoisotopic (exact) mass is 248 g/mol. The molecule has 1 heterocycles. The average Bonchev–Trinajstić information content (AvgIpc) is 2.34. The van der Waals surface area contributed by atoms with Crippen LogP contribution in [0.3, 0.4) is 0 Å². The molecule has 2 rings (SSSR count). The average molecular weight is 249 g/mol. The summed E-state index contributed by atoms with van der Waals surface area (Å²) in [6.07, 6.45) is 3.95. The van der Waals surface area contributed by atoms with Crippen molar-refractivity contribution in [1.82, 2.24) is 9.97 Å². The molecule has 0 atom stereocenters. The highest BCUT2D eigenvalue weighted by Crippen LogP contribution is 2.19. The Balaban J connectivity index is 1.88. The van der Waals surface area contributed by atoms with Gasteiger partial charge < -0.3 is 11.1 Å². The van der Waals surface area contributed by atoms with Crippen molar-refractivity contribution >= 4 is 23.0 Å². The molecule has 0 spiro atoms. The van der Waals surface area contributed by atoms with Crippen LogP contribution in [-0.4, -0.2) is 16.5 Å². The quantitative estimate of drug-likeness (QED) is 0.872. The number of anilines is 2. The Morgan fingerprint density at radius 1 is 1.18 bits per heavy atom. The van der Waals surface area contributed by atoms with Crippen LogP contribution in [0.4, 0.5) is 11.4 Å². The molecule has 0 fully saturated rings. The maximum atomic E-state index is 6.02. The second kappa shape index (κ2) is 5.50. The highest BCUT2D eigenvalue weighted by molar-refractivity contribution is 6.33. The number of nitrogens with two attached hydrogens (primary N) is 1. The van der Waals surface area contributed by atoms with Crippen molar-refractivity contribution in [2.75, 3.05) is 17.6 Å². The van der Waals surface area contributed by atoms with Crippen molar-refractivity contribution < 1.29 is 0 Å². The van der Waals surface area contributed by atoms with E-state index in [-0.39, 0.29) is 0 Å². The summed E-state index contributed by atoms with van der Waals surface area (Å²) in [7, 11) is 0. The van der Waals surface area contributed by atoms with Gasteiger partial charge in [-0.15, -0.1) is 0 Å². The molecule has 3 N–H and O–H groups in total. The Kier molecular flexibility index (Phi) is 3.77. The topological polar surface area (TPSA) is 63.8 Å². The van der Waals surface area contributed by atoms with E-state index in [2.05, 4.69) is 15.3 Å². The molecular weight excluding hydrogens is 236 g/mol. The van der Waals surface area contributed by atoms with Crippen LogP contribution >= 0.6 is 11.6 Å². The van der Waals surface area contributed by atoms with Gasteiger partial charge in [0.2, 0.25) is 0 Å². The summed E-state index contributed by atoms with van der Waals surface area (Å²) in [5.74, 6) is 0.763. The molecule has 0 bridgehead atoms. The SMILES string of the molecule is Nc1cnc(CCNc2ccccc2Cl)nc1. The fourth-order valence-corrected chi connectivity index (χ4v) is 1.61. The standard InChI is InChI=1S/C12H13ClN4/c13-10-3-1-2-4-11(10)15-6-5-12-16-7-9(14)8-17-12/h1-4,7-8,15H,5-6,14H2. The highest BCUT2D eigenvalue weighted by Gasteiger charge is 1.99. The second-order valence-corrected chi connectivity index (χ2v) is 4.00. The Hall–Kier alpha value is -1.81. The van der Waals surface area contributed by atoms with Crippen molar-refractivity contribution in [3.05, 3.63) is 47.5 Å². The van der Waals surface area contributed by atoms with Crippen molar-refractivity contribution in [2.45, 2.75) is 6.42 Å². The van der Waals surface area contributed by atoms with Crippen LogP contribution in [0.1, 0.15) is 5.82 Å². The molecule has 17 heavy (non-hydrogen) atoms. The third-order valence-corrected chi connectivity index (χ3v) is 2.59. The Labute approximate surface area is 105 Å². The first-order chi connectivity index (χ1) is 8.25. The van der Waals surface area contributed by atoms with Gasteiger partial charge in [-0.05, 0) is 12.1 Å². The molecule has 0 unspecified atom stereocenters. The van der Waals surface area contributed by atoms with Gasteiger partial charge in [-0.2, -0.15) is 0 Å². The zero-order valence-corrected chi connectivity index (χ0v) is 9.98. The zero-order valence-electron chi connectivity index (χ0n) is 9.23. The van der Waals surface area contributed by atoms with Crippen molar-refractivity contribution in [2.24, 2.45) is 0 Å². The summed E-state index contributed by atoms with van der Waals surface area (Å²) >= 11 is 6.02. The van der Waals surface area contributed by atoms with E-state index < -0.39 is 0 Å². The van der Waals surface area contributed by atoms with Crippen LogP contribution in [0.5, 0.6) is 0 Å². The molecule has 1 aromatic heterocycles. The van der Waals surface area contributed by atoms with Crippen molar-refractivity contribution in [1.29, 1.82) is 0 Å². The van der Waals surface area contributed by atoms with Gasteiger partial charge in [-0.1, -0.05) is 23.7 Å². The molecule has 0 saturated carbocycles. The number of aromatic nitrogens is 2. The summed E-state index contributed by atoms with van der Waals surface area (Å²) in [5, 5.41) is 3.95. The first-order valence-electron chi connectivity index (χ1n) is 5.30. The summed E-state index contributed by atoms with van der Waals surface area (Å²) < 4.78 is 0. The number of halogens is 1. The molecule has 2 aromatic rings. The van der Waals surface area contributed by atoms with Crippen LogP contribution in [0, 0.1) is 0 Å². The van der Waals surface area contributed by atoms with Crippen molar-refractivity contribution in [3.63, 3.8) is 0 Å². The molecule has 0 amide bonds. The minimum absolute atomic E-state index is 0.577. The largest absolute Gasteiger partial charge is 0.396 e. The van der Waals surface area contributed by atoms with E-state index >= 15 is 0 Å². The lowest BCUT2D eigenvalue weighted by atomic mass is 10.3. The van der Waals surface area contributed by atoms with E-state index in [1.165, 1.54) is 0 Å². The summed E-state index contributed by atoms with van der Waals surface area (Å²) in [4.78, 5) is 8.25. The number of rotatable bonds is 4. The van der Waals surface area contributed by atoms with Crippen LogP contribution in [0.15, 0.2) is 36.7 Å². The second-order valence-electron chi connectivity index (χ2n) is 3.59. The molecule has 88 valence electrons. The lowest BCUT2D eigenvalue weighted by Gasteiger charge is -2.07. The van der Waals surface area contributed by atoms with E-state index in [4.69, 9.17) is 17.3 Å². The van der Waals surface area contributed by atoms with Crippen LogP contribution in [0.2, 0.25) is 5.02 Å². The number of benzene rings is 1. The van der Waals surface area contributed by atoms with Gasteiger partial charge >= 0.3 is 0 Å². The molecule has 0 aliphatic carbocycles. The first kappa shape index (κ1) is 11.7. The maximum Gasteiger partial charge on any atom is 0.130 e. The third kappa shape index (κ3) is 3.32. The molecule has 4 nitrogen and oxygen atoms in total. The van der Waals surface area contributed by atoms with Crippen LogP contribution < -0.4 is 11.1 Å². The number of nitrogen functional groups attached to an aromatic ring is 1. The number of hydrogen-bond donors (Lipinski definition) is 2. The molecule has 0 aliphatic heterocycles. The Morgan fingerprint density at radius 2 is 1.88 bits per heavy atom. The van der Waals surface area contributed by atoms with Crippen LogP contribution in [0.25, 0.3) is 0 Å². The maximum absolute atomic E-state index is 6.02. The van der Waals surface area contributed by atoms with Gasteiger partial charge in [0.15, 0.2) is 0 Å². The molecule has 1 aromatic carbocycles. The number of nitrogens with zero attached hydrogens (tertiary/aromatic N) is 2. The third-order valence-electron chi connectivity index (χ3n) is 2.26. The fourth-order valence-electron chi connectivity index (χ4n) is 1.41. The Morgan fingerprint density at radius 3 is 2.59 bits per heavy atom. The molecule has 0 saturated heterocycles. The minimum Gasteiger partial charge on any atom is -0.396 e. The van der Waals surface area contributed by atoms with E-state index in [1.54, 1.807) is 12.4 Å². The highest BCUT2D eigenvalue weighted by atomic mass is 35.5. The lowest BCUT2D eigenvalue weighted by molar-refractivity contribution is 0.895. The number of hydrogen-bond acceptors (Lipinski definition) is 4. The number of nitrogens with one attached hydrogen (secondary N) is 1. The minimum atomic E-state index is 0.577. The summed E-state index contributed by atoms with van der Waals surface area (Å²) in [6.45, 7) is 0.730. The molecule has 5 heteroatoms. The van der Waals surface area contributed by atoms with E-state index in [9.17, 15) is 0 Å². The lowest BCUT2D eigenvalue weighted by Crippen LogP contribution is -2.08. The van der Waals surface area contributed by atoms with Crippen LogP contribution in [-0.2, 0) is 6.42 Å². The normalized spacial score (nSPS) is 10.2. The predicted octanol–water partition coefficient (Wildman–Crippen LogP) is 2.37. The van der Waals surface area contributed by atoms with Gasteiger partial charge in [0.05, 0.1) is 28.8 Å². The van der Waals surface area contributed by atoms with Gasteiger partial charge in [0.1, 0.15) is 5.82 Å². The van der Waals surface area contributed by atoms with Gasteiger partial charge in [0, 0.05) is 13.0 Å². The molecular formula is C12H13ClN4. The Bertz CT molecular complexity index is 484. The summed E-state index contributed by atoms with van der Waals surface area (Å²) in [6, 6.07) is 7.63. The van der Waals surface area contributed by atoms with Gasteiger partial charge in [-0.25, -0.2) is 9.97 Å². The van der Waals surface area contributed by atoms with E-state index in [0.29, 0.717) is 10.7 Å². The first-order valence-corrected chi connectivity index (χ1v) is 5.68. The van der Waals surface area contributed by atoms with Gasteiger partial charge in [-0.3, -0.25) is 0 Å². The van der Waals surface area contributed by atoms with E-state index in [1.807, 2.05) is 24.3 Å². The summed E-state index contributed by atoms with van der Waals surface area (Å²) in [5.41, 5.74) is 7.01. The number of para-hydroxylation sites is 1. The smallest absolute Gasteiger partial charge is 0.130 e. The fraction of sp³-hybridized carbons (Fsp3) is 0.167.